The SMILES string of the molecule is O=C(Nc1nc(CN2CCCCC2)cs1)c1ccccc1SCc1cccs1. The highest BCUT2D eigenvalue weighted by Crippen LogP contribution is 2.29. The number of aromatic nitrogens is 1. The van der Waals surface area contributed by atoms with E-state index in [9.17, 15) is 4.79 Å². The van der Waals surface area contributed by atoms with Crippen LogP contribution in [-0.4, -0.2) is 28.9 Å². The van der Waals surface area contributed by atoms with Gasteiger partial charge in [-0.1, -0.05) is 24.6 Å². The summed E-state index contributed by atoms with van der Waals surface area (Å²) < 4.78 is 0. The Kier molecular flexibility index (Phi) is 6.80. The second-order valence-corrected chi connectivity index (χ2v) is 9.71. The molecular formula is C21H23N3OS3. The minimum absolute atomic E-state index is 0.0897. The lowest BCUT2D eigenvalue weighted by atomic mass is 10.1. The van der Waals surface area contributed by atoms with E-state index in [1.54, 1.807) is 23.1 Å². The van der Waals surface area contributed by atoms with Crippen LogP contribution in [-0.2, 0) is 12.3 Å². The summed E-state index contributed by atoms with van der Waals surface area (Å²) in [6.07, 6.45) is 3.88. The molecule has 146 valence electrons. The topological polar surface area (TPSA) is 45.2 Å². The van der Waals surface area contributed by atoms with Gasteiger partial charge in [0.1, 0.15) is 0 Å². The van der Waals surface area contributed by atoms with E-state index in [1.807, 2.05) is 24.3 Å². The van der Waals surface area contributed by atoms with Gasteiger partial charge in [-0.25, -0.2) is 4.98 Å². The first-order valence-corrected chi connectivity index (χ1v) is 12.2. The summed E-state index contributed by atoms with van der Waals surface area (Å²) in [5.41, 5.74) is 1.75. The number of piperidine rings is 1. The van der Waals surface area contributed by atoms with E-state index < -0.39 is 0 Å². The van der Waals surface area contributed by atoms with Crippen molar-refractivity contribution in [2.75, 3.05) is 18.4 Å². The Balaban J connectivity index is 1.38. The Morgan fingerprint density at radius 3 is 2.79 bits per heavy atom. The molecule has 3 aromatic rings. The van der Waals surface area contributed by atoms with Crippen LogP contribution in [0.5, 0.6) is 0 Å². The standard InChI is InChI=1S/C21H23N3OS3/c25-20(18-8-2-3-9-19(18)27-15-17-7-6-12-26-17)23-21-22-16(14-28-21)13-24-10-4-1-5-11-24/h2-3,6-9,12,14H,1,4-5,10-11,13,15H2,(H,22,23,25). The van der Waals surface area contributed by atoms with Gasteiger partial charge in [0.2, 0.25) is 0 Å². The minimum atomic E-state index is -0.0897. The van der Waals surface area contributed by atoms with Gasteiger partial charge in [0, 0.05) is 27.5 Å². The first-order valence-electron chi connectivity index (χ1n) is 9.50. The van der Waals surface area contributed by atoms with Crippen LogP contribution in [0, 0.1) is 0 Å². The fourth-order valence-corrected chi connectivity index (χ4v) is 5.79. The van der Waals surface area contributed by atoms with Gasteiger partial charge in [0.05, 0.1) is 11.3 Å². The number of hydrogen-bond acceptors (Lipinski definition) is 6. The molecule has 28 heavy (non-hydrogen) atoms. The molecule has 1 N–H and O–H groups in total. The maximum atomic E-state index is 12.8. The van der Waals surface area contributed by atoms with Crippen LogP contribution in [0.2, 0.25) is 0 Å². The van der Waals surface area contributed by atoms with Gasteiger partial charge in [-0.05, 0) is 49.5 Å². The normalized spacial score (nSPS) is 14.9. The molecule has 1 aliphatic heterocycles. The highest BCUT2D eigenvalue weighted by atomic mass is 32.2. The number of thiazole rings is 1. The summed E-state index contributed by atoms with van der Waals surface area (Å²) in [6.45, 7) is 3.17. The van der Waals surface area contributed by atoms with Crippen LogP contribution in [0.1, 0.15) is 40.2 Å². The van der Waals surface area contributed by atoms with Gasteiger partial charge in [-0.2, -0.15) is 0 Å². The molecule has 4 nitrogen and oxygen atoms in total. The smallest absolute Gasteiger partial charge is 0.258 e. The van der Waals surface area contributed by atoms with E-state index in [4.69, 9.17) is 0 Å². The van der Waals surface area contributed by atoms with Crippen molar-refractivity contribution in [3.8, 4) is 0 Å². The minimum Gasteiger partial charge on any atom is -0.298 e. The average Bonchev–Trinajstić information content (AvgIpc) is 3.39. The first kappa shape index (κ1) is 19.6. The molecule has 3 heterocycles. The zero-order valence-electron chi connectivity index (χ0n) is 15.6. The highest BCUT2D eigenvalue weighted by molar-refractivity contribution is 7.98. The third-order valence-corrected chi connectivity index (χ3v) is 7.68. The van der Waals surface area contributed by atoms with E-state index in [-0.39, 0.29) is 5.91 Å². The van der Waals surface area contributed by atoms with Crippen LogP contribution in [0.25, 0.3) is 0 Å². The number of likely N-dealkylation sites (tertiary alicyclic amines) is 1. The van der Waals surface area contributed by atoms with Gasteiger partial charge < -0.3 is 0 Å². The maximum absolute atomic E-state index is 12.8. The van der Waals surface area contributed by atoms with E-state index >= 15 is 0 Å². The van der Waals surface area contributed by atoms with Crippen molar-refractivity contribution >= 4 is 45.5 Å². The molecule has 2 aromatic heterocycles. The number of hydrogen-bond donors (Lipinski definition) is 1. The second-order valence-electron chi connectivity index (χ2n) is 6.80. The van der Waals surface area contributed by atoms with Crippen LogP contribution in [0.15, 0.2) is 52.1 Å². The molecule has 0 atom stereocenters. The third-order valence-electron chi connectivity index (χ3n) is 4.69. The average molecular weight is 430 g/mol. The Labute approximate surface area is 178 Å². The summed E-state index contributed by atoms with van der Waals surface area (Å²) in [6, 6.07) is 12.0. The van der Waals surface area contributed by atoms with Gasteiger partial charge in [0.15, 0.2) is 5.13 Å². The maximum Gasteiger partial charge on any atom is 0.258 e. The molecule has 0 radical (unpaired) electrons. The lowest BCUT2D eigenvalue weighted by molar-refractivity contribution is 0.102. The van der Waals surface area contributed by atoms with Crippen molar-refractivity contribution in [1.29, 1.82) is 0 Å². The molecule has 0 unspecified atom stereocenters. The van der Waals surface area contributed by atoms with Gasteiger partial charge in [-0.3, -0.25) is 15.0 Å². The molecule has 1 saturated heterocycles. The fourth-order valence-electron chi connectivity index (χ4n) is 3.27. The van der Waals surface area contributed by atoms with Gasteiger partial charge >= 0.3 is 0 Å². The first-order chi connectivity index (χ1) is 13.8. The van der Waals surface area contributed by atoms with Crippen LogP contribution >= 0.6 is 34.4 Å². The molecule has 1 amide bonds. The number of anilines is 1. The molecule has 0 spiro atoms. The van der Waals surface area contributed by atoms with Crippen molar-refractivity contribution in [2.24, 2.45) is 0 Å². The molecular weight excluding hydrogens is 406 g/mol. The Morgan fingerprint density at radius 1 is 1.11 bits per heavy atom. The molecule has 1 aromatic carbocycles. The van der Waals surface area contributed by atoms with E-state index in [0.29, 0.717) is 10.7 Å². The number of rotatable bonds is 7. The predicted octanol–water partition coefficient (Wildman–Crippen LogP) is 5.74. The Hall–Kier alpha value is -1.67. The molecule has 1 aliphatic rings. The fraction of sp³-hybridized carbons (Fsp3) is 0.333. The van der Waals surface area contributed by atoms with Crippen molar-refractivity contribution in [2.45, 2.75) is 36.5 Å². The third kappa shape index (κ3) is 5.23. The number of thiophene rings is 1. The summed E-state index contributed by atoms with van der Waals surface area (Å²) >= 11 is 4.94. The summed E-state index contributed by atoms with van der Waals surface area (Å²) in [4.78, 5) is 22.2. The quantitative estimate of drug-likeness (QED) is 0.487. The number of thioether (sulfide) groups is 1. The van der Waals surface area contributed by atoms with Crippen molar-refractivity contribution in [3.05, 3.63) is 63.3 Å². The zero-order valence-corrected chi connectivity index (χ0v) is 18.0. The van der Waals surface area contributed by atoms with Crippen LogP contribution in [0.3, 0.4) is 0 Å². The van der Waals surface area contributed by atoms with Gasteiger partial charge in [-0.15, -0.1) is 34.4 Å². The number of benzene rings is 1. The Bertz CT molecular complexity index is 901. The number of amides is 1. The van der Waals surface area contributed by atoms with Crippen LogP contribution in [0.4, 0.5) is 5.13 Å². The molecule has 0 bridgehead atoms. The monoisotopic (exact) mass is 429 g/mol. The van der Waals surface area contributed by atoms with Crippen molar-refractivity contribution in [1.82, 2.24) is 9.88 Å². The lowest BCUT2D eigenvalue weighted by Crippen LogP contribution is -2.29. The van der Waals surface area contributed by atoms with E-state index in [1.165, 1.54) is 35.5 Å². The Morgan fingerprint density at radius 2 is 1.96 bits per heavy atom. The van der Waals surface area contributed by atoms with Crippen LogP contribution < -0.4 is 5.32 Å². The zero-order chi connectivity index (χ0) is 19.2. The number of carbonyl (C=O) groups excluding carboxylic acids is 1. The molecule has 7 heteroatoms. The predicted molar refractivity (Wildman–Crippen MR) is 120 cm³/mol. The molecule has 4 rings (SSSR count). The summed E-state index contributed by atoms with van der Waals surface area (Å²) in [5.74, 6) is 0.785. The van der Waals surface area contributed by atoms with Crippen molar-refractivity contribution in [3.63, 3.8) is 0 Å². The van der Waals surface area contributed by atoms with Crippen molar-refractivity contribution < 1.29 is 4.79 Å². The molecule has 0 aliphatic carbocycles. The second kappa shape index (κ2) is 9.69. The number of carbonyl (C=O) groups is 1. The van der Waals surface area contributed by atoms with E-state index in [2.05, 4.69) is 38.1 Å². The molecule has 1 fully saturated rings. The largest absolute Gasteiger partial charge is 0.298 e. The highest BCUT2D eigenvalue weighted by Gasteiger charge is 2.15. The lowest BCUT2D eigenvalue weighted by Gasteiger charge is -2.25. The number of nitrogens with zero attached hydrogens (tertiary/aromatic N) is 2. The summed E-state index contributed by atoms with van der Waals surface area (Å²) in [7, 11) is 0. The van der Waals surface area contributed by atoms with Gasteiger partial charge in [0.25, 0.3) is 5.91 Å². The summed E-state index contributed by atoms with van der Waals surface area (Å²) in [5, 5.41) is 7.80. The molecule has 0 saturated carbocycles. The van der Waals surface area contributed by atoms with E-state index in [0.717, 1.165) is 36.0 Å². The number of nitrogens with one attached hydrogen (secondary N) is 1.